The van der Waals surface area contributed by atoms with Crippen LogP contribution < -0.4 is 15.5 Å². The summed E-state index contributed by atoms with van der Waals surface area (Å²) in [6.07, 6.45) is 3.63. The second-order valence-corrected chi connectivity index (χ2v) is 8.41. The maximum atomic E-state index is 12.5. The number of aromatic nitrogens is 1. The first-order chi connectivity index (χ1) is 16.5. The lowest BCUT2D eigenvalue weighted by Gasteiger charge is -2.30. The van der Waals surface area contributed by atoms with Gasteiger partial charge in [0.15, 0.2) is 5.76 Å². The van der Waals surface area contributed by atoms with Gasteiger partial charge in [0, 0.05) is 42.7 Å². The molecule has 0 unspecified atom stereocenters. The minimum atomic E-state index is -0.128. The Morgan fingerprint density at radius 3 is 2.65 bits per heavy atom. The second-order valence-electron chi connectivity index (χ2n) is 7.97. The fraction of sp³-hybridized carbons (Fsp3) is 0.333. The average molecular weight is 482 g/mol. The summed E-state index contributed by atoms with van der Waals surface area (Å²) in [5.74, 6) is 0.859. The molecule has 2 N–H and O–H groups in total. The molecular weight excluding hydrogens is 458 g/mol. The van der Waals surface area contributed by atoms with Crippen LogP contribution in [0.5, 0.6) is 0 Å². The minimum absolute atomic E-state index is 0.0212. The number of nitrogens with one attached hydrogen (secondary N) is 2. The van der Waals surface area contributed by atoms with Crippen LogP contribution in [0.1, 0.15) is 31.4 Å². The zero-order chi connectivity index (χ0) is 23.9. The number of nitriles is 1. The standard InChI is InChI=1S/C24H24ClN5O4/c25-17-5-7-18(8-6-17)28-21(31)4-1-11-27-22(32)16-9-12-30(13-10-16)24-19(15-26)29-23(34-24)20-3-2-14-33-20/h2-3,5-8,14,16H,1,4,9-13H2,(H,27,32)(H,28,31). The molecule has 0 saturated carbocycles. The summed E-state index contributed by atoms with van der Waals surface area (Å²) in [5, 5.41) is 15.8. The first kappa shape index (κ1) is 23.4. The maximum absolute atomic E-state index is 12.5. The molecule has 1 aliphatic heterocycles. The molecule has 34 heavy (non-hydrogen) atoms. The third-order valence-corrected chi connectivity index (χ3v) is 5.86. The summed E-state index contributed by atoms with van der Waals surface area (Å²) in [7, 11) is 0. The van der Waals surface area contributed by atoms with E-state index >= 15 is 0 Å². The summed E-state index contributed by atoms with van der Waals surface area (Å²) in [6.45, 7) is 1.58. The summed E-state index contributed by atoms with van der Waals surface area (Å²) >= 11 is 5.84. The predicted molar refractivity (Wildman–Crippen MR) is 126 cm³/mol. The largest absolute Gasteiger partial charge is 0.459 e. The van der Waals surface area contributed by atoms with Crippen molar-refractivity contribution in [2.45, 2.75) is 25.7 Å². The van der Waals surface area contributed by atoms with Crippen LogP contribution in [0.3, 0.4) is 0 Å². The normalized spacial score (nSPS) is 13.9. The van der Waals surface area contributed by atoms with Crippen LogP contribution in [0, 0.1) is 17.2 Å². The van der Waals surface area contributed by atoms with E-state index in [0.29, 0.717) is 67.7 Å². The van der Waals surface area contributed by atoms with E-state index in [2.05, 4.69) is 21.7 Å². The number of hydrogen-bond acceptors (Lipinski definition) is 7. The van der Waals surface area contributed by atoms with Gasteiger partial charge in [0.1, 0.15) is 6.07 Å². The number of halogens is 1. The third-order valence-electron chi connectivity index (χ3n) is 5.61. The molecule has 0 atom stereocenters. The van der Waals surface area contributed by atoms with Crippen molar-refractivity contribution < 1.29 is 18.4 Å². The van der Waals surface area contributed by atoms with Gasteiger partial charge in [-0.25, -0.2) is 0 Å². The van der Waals surface area contributed by atoms with Crippen LogP contribution in [0.25, 0.3) is 11.7 Å². The lowest BCUT2D eigenvalue weighted by molar-refractivity contribution is -0.125. The Balaban J connectivity index is 1.19. The smallest absolute Gasteiger partial charge is 0.266 e. The zero-order valence-electron chi connectivity index (χ0n) is 18.4. The van der Waals surface area contributed by atoms with Crippen molar-refractivity contribution in [1.82, 2.24) is 10.3 Å². The number of carbonyl (C=O) groups is 2. The van der Waals surface area contributed by atoms with Crippen LogP contribution in [-0.4, -0.2) is 36.4 Å². The van der Waals surface area contributed by atoms with Gasteiger partial charge in [0.2, 0.25) is 23.4 Å². The molecule has 0 spiro atoms. The van der Waals surface area contributed by atoms with Crippen LogP contribution in [0.15, 0.2) is 51.5 Å². The highest BCUT2D eigenvalue weighted by Gasteiger charge is 2.29. The molecule has 1 fully saturated rings. The van der Waals surface area contributed by atoms with E-state index in [-0.39, 0.29) is 29.3 Å². The first-order valence-electron chi connectivity index (χ1n) is 11.1. The monoisotopic (exact) mass is 481 g/mol. The van der Waals surface area contributed by atoms with Crippen molar-refractivity contribution in [3.05, 3.63) is 53.4 Å². The molecule has 2 aromatic heterocycles. The van der Waals surface area contributed by atoms with Gasteiger partial charge in [-0.15, -0.1) is 0 Å². The number of nitrogens with zero attached hydrogens (tertiary/aromatic N) is 3. The highest BCUT2D eigenvalue weighted by molar-refractivity contribution is 6.30. The Bertz CT molecular complexity index is 1160. The molecule has 3 heterocycles. The highest BCUT2D eigenvalue weighted by atomic mass is 35.5. The number of hydrogen-bond donors (Lipinski definition) is 2. The van der Waals surface area contributed by atoms with E-state index < -0.39 is 0 Å². The number of oxazole rings is 1. The second kappa shape index (κ2) is 10.9. The van der Waals surface area contributed by atoms with Gasteiger partial charge in [0.25, 0.3) is 5.89 Å². The third kappa shape index (κ3) is 5.77. The zero-order valence-corrected chi connectivity index (χ0v) is 19.2. The average Bonchev–Trinajstić information content (AvgIpc) is 3.53. The number of benzene rings is 1. The fourth-order valence-electron chi connectivity index (χ4n) is 3.81. The van der Waals surface area contributed by atoms with Gasteiger partial charge >= 0.3 is 0 Å². The molecule has 0 bridgehead atoms. The number of rotatable bonds is 8. The Morgan fingerprint density at radius 1 is 1.21 bits per heavy atom. The molecule has 1 aromatic carbocycles. The SMILES string of the molecule is N#Cc1nc(-c2ccco2)oc1N1CCC(C(=O)NCCCC(=O)Nc2ccc(Cl)cc2)CC1. The van der Waals surface area contributed by atoms with Gasteiger partial charge in [-0.3, -0.25) is 9.59 Å². The summed E-state index contributed by atoms with van der Waals surface area (Å²) in [5.41, 5.74) is 0.888. The number of anilines is 2. The maximum Gasteiger partial charge on any atom is 0.266 e. The molecule has 0 radical (unpaired) electrons. The minimum Gasteiger partial charge on any atom is -0.459 e. The molecule has 2 amide bonds. The molecule has 1 aliphatic rings. The number of amides is 2. The number of furan rings is 1. The van der Waals surface area contributed by atoms with E-state index in [9.17, 15) is 14.9 Å². The topological polar surface area (TPSA) is 124 Å². The van der Waals surface area contributed by atoms with E-state index in [1.165, 1.54) is 6.26 Å². The van der Waals surface area contributed by atoms with Gasteiger partial charge < -0.3 is 24.4 Å². The Hall–Kier alpha value is -3.77. The lowest BCUT2D eigenvalue weighted by Crippen LogP contribution is -2.41. The van der Waals surface area contributed by atoms with Crippen molar-refractivity contribution >= 4 is 35.0 Å². The van der Waals surface area contributed by atoms with Crippen molar-refractivity contribution in [3.63, 3.8) is 0 Å². The van der Waals surface area contributed by atoms with Crippen LogP contribution in [-0.2, 0) is 9.59 Å². The van der Waals surface area contributed by atoms with Crippen LogP contribution in [0.4, 0.5) is 11.6 Å². The Morgan fingerprint density at radius 2 is 1.97 bits per heavy atom. The van der Waals surface area contributed by atoms with Crippen molar-refractivity contribution in [2.24, 2.45) is 5.92 Å². The molecule has 3 aromatic rings. The molecule has 9 nitrogen and oxygen atoms in total. The van der Waals surface area contributed by atoms with E-state index in [1.807, 2.05) is 4.90 Å². The molecule has 4 rings (SSSR count). The number of piperidine rings is 1. The molecule has 0 aliphatic carbocycles. The molecule has 10 heteroatoms. The number of carbonyl (C=O) groups excluding carboxylic acids is 2. The van der Waals surface area contributed by atoms with Crippen molar-refractivity contribution in [1.29, 1.82) is 5.26 Å². The van der Waals surface area contributed by atoms with Crippen LogP contribution in [0.2, 0.25) is 5.02 Å². The van der Waals surface area contributed by atoms with Crippen LogP contribution >= 0.6 is 11.6 Å². The van der Waals surface area contributed by atoms with Crippen molar-refractivity contribution in [2.75, 3.05) is 29.9 Å². The lowest BCUT2D eigenvalue weighted by atomic mass is 9.96. The summed E-state index contributed by atoms with van der Waals surface area (Å²) < 4.78 is 11.1. The fourth-order valence-corrected chi connectivity index (χ4v) is 3.94. The Kier molecular flexibility index (Phi) is 7.50. The molecule has 176 valence electrons. The summed E-state index contributed by atoms with van der Waals surface area (Å²) in [6, 6.07) is 12.4. The van der Waals surface area contributed by atoms with Gasteiger partial charge in [-0.2, -0.15) is 10.2 Å². The Labute approximate surface area is 201 Å². The quantitative estimate of drug-likeness (QED) is 0.461. The predicted octanol–water partition coefficient (Wildman–Crippen LogP) is 4.21. The highest BCUT2D eigenvalue weighted by Crippen LogP contribution is 2.31. The molecule has 1 saturated heterocycles. The summed E-state index contributed by atoms with van der Waals surface area (Å²) in [4.78, 5) is 30.7. The molecular formula is C24H24ClN5O4. The van der Waals surface area contributed by atoms with Crippen molar-refractivity contribution in [3.8, 4) is 17.7 Å². The van der Waals surface area contributed by atoms with Gasteiger partial charge in [-0.1, -0.05) is 11.6 Å². The van der Waals surface area contributed by atoms with E-state index in [4.69, 9.17) is 20.4 Å². The van der Waals surface area contributed by atoms with Gasteiger partial charge in [-0.05, 0) is 55.7 Å². The van der Waals surface area contributed by atoms with E-state index in [0.717, 1.165) is 0 Å². The first-order valence-corrected chi connectivity index (χ1v) is 11.4. The van der Waals surface area contributed by atoms with E-state index in [1.54, 1.807) is 36.4 Å². The van der Waals surface area contributed by atoms with Gasteiger partial charge in [0.05, 0.1) is 6.26 Å².